The van der Waals surface area contributed by atoms with E-state index in [0.717, 1.165) is 23.5 Å². The number of aromatic nitrogens is 3. The quantitative estimate of drug-likeness (QED) is 0.614. The first-order valence-corrected chi connectivity index (χ1v) is 8.69. The van der Waals surface area contributed by atoms with E-state index in [0.29, 0.717) is 22.3 Å². The van der Waals surface area contributed by atoms with Crippen molar-refractivity contribution in [3.63, 3.8) is 0 Å². The van der Waals surface area contributed by atoms with E-state index in [1.165, 1.54) is 19.5 Å². The first-order chi connectivity index (χ1) is 13.4. The van der Waals surface area contributed by atoms with Crippen LogP contribution in [0.15, 0.2) is 29.9 Å². The molecule has 3 rings (SSSR count). The molecule has 0 saturated heterocycles. The number of primary amides is 1. The maximum atomic E-state index is 14.3. The number of nitrogens with zero attached hydrogens (tertiary/aromatic N) is 3. The molecule has 0 spiro atoms. The molecule has 11 heteroatoms. The highest BCUT2D eigenvalue weighted by Crippen LogP contribution is 2.30. The Balaban J connectivity index is 1.86. The molecule has 0 fully saturated rings. The van der Waals surface area contributed by atoms with Crippen molar-refractivity contribution >= 4 is 17.2 Å². The minimum atomic E-state index is -1.27. The lowest BCUT2D eigenvalue weighted by atomic mass is 10.1. The second-order valence-corrected chi connectivity index (χ2v) is 6.29. The molecule has 2 heterocycles. The number of methoxy groups -OCH3 is 1. The lowest BCUT2D eigenvalue weighted by molar-refractivity contribution is 0.0982. The molecular weight excluding hydrogens is 394 g/mol. The number of amides is 1. The number of nitrogens with two attached hydrogens (primary N) is 1. The van der Waals surface area contributed by atoms with Crippen LogP contribution in [0.25, 0.3) is 11.4 Å². The Hall–Kier alpha value is -3.18. The van der Waals surface area contributed by atoms with Crippen LogP contribution in [0.5, 0.6) is 11.6 Å². The highest BCUT2D eigenvalue weighted by molar-refractivity contribution is 7.10. The molecule has 146 valence electrons. The lowest BCUT2D eigenvalue weighted by Gasteiger charge is -2.16. The third-order valence-corrected chi connectivity index (χ3v) is 4.57. The summed E-state index contributed by atoms with van der Waals surface area (Å²) in [4.78, 5) is 23.7. The number of ether oxygens (including phenoxy) is 2. The monoisotopic (exact) mass is 408 g/mol. The number of hydrogen-bond acceptors (Lipinski definition) is 8. The molecule has 8 nitrogen and oxygen atoms in total. The van der Waals surface area contributed by atoms with E-state index in [2.05, 4.69) is 15.0 Å². The van der Waals surface area contributed by atoms with Crippen molar-refractivity contribution in [2.45, 2.75) is 6.10 Å². The summed E-state index contributed by atoms with van der Waals surface area (Å²) in [6.45, 7) is -0.538. The van der Waals surface area contributed by atoms with Gasteiger partial charge in [-0.15, -0.1) is 11.3 Å². The molecule has 3 N–H and O–H groups in total. The van der Waals surface area contributed by atoms with Crippen molar-refractivity contribution in [2.24, 2.45) is 5.73 Å². The number of thiazole rings is 1. The molecule has 3 aromatic rings. The number of hydrogen-bond donors (Lipinski definition) is 2. The van der Waals surface area contributed by atoms with Crippen molar-refractivity contribution < 1.29 is 28.2 Å². The summed E-state index contributed by atoms with van der Waals surface area (Å²) in [5, 5.41) is 11.6. The van der Waals surface area contributed by atoms with Gasteiger partial charge in [-0.3, -0.25) is 4.79 Å². The normalized spacial score (nSPS) is 11.9. The molecular formula is C17H14F2N4O4S. The van der Waals surface area contributed by atoms with Crippen LogP contribution in [0.3, 0.4) is 0 Å². The zero-order valence-electron chi connectivity index (χ0n) is 14.4. The zero-order chi connectivity index (χ0) is 20.3. The number of halogens is 2. The first kappa shape index (κ1) is 19.6. The van der Waals surface area contributed by atoms with E-state index in [1.54, 1.807) is 5.38 Å². The molecule has 1 atom stereocenters. The van der Waals surface area contributed by atoms with Crippen LogP contribution in [0.1, 0.15) is 21.5 Å². The van der Waals surface area contributed by atoms with Crippen LogP contribution in [0, 0.1) is 11.6 Å². The number of benzene rings is 1. The molecule has 0 aliphatic rings. The summed E-state index contributed by atoms with van der Waals surface area (Å²) < 4.78 is 38.3. The van der Waals surface area contributed by atoms with Crippen molar-refractivity contribution in [2.75, 3.05) is 13.7 Å². The SMILES string of the molecule is COc1cnc(-c2csc(C(CO)Oc3ccc(F)c(C(N)=O)c3F)n2)cn1. The Morgan fingerprint density at radius 3 is 2.68 bits per heavy atom. The minimum absolute atomic E-state index is 0.319. The van der Waals surface area contributed by atoms with Gasteiger partial charge in [0.25, 0.3) is 5.91 Å². The van der Waals surface area contributed by atoms with Crippen molar-refractivity contribution in [1.82, 2.24) is 15.0 Å². The van der Waals surface area contributed by atoms with Crippen LogP contribution in [0.4, 0.5) is 8.78 Å². The number of rotatable bonds is 7. The second kappa shape index (κ2) is 8.23. The maximum absolute atomic E-state index is 14.3. The van der Waals surface area contributed by atoms with E-state index in [4.69, 9.17) is 15.2 Å². The molecule has 1 unspecified atom stereocenters. The van der Waals surface area contributed by atoms with Gasteiger partial charge in [-0.05, 0) is 12.1 Å². The number of aliphatic hydroxyl groups excluding tert-OH is 1. The van der Waals surface area contributed by atoms with Crippen LogP contribution in [-0.2, 0) is 0 Å². The van der Waals surface area contributed by atoms with Gasteiger partial charge in [0.2, 0.25) is 5.88 Å². The summed E-state index contributed by atoms with van der Waals surface area (Å²) in [5.41, 5.74) is 5.01. The highest BCUT2D eigenvalue weighted by Gasteiger charge is 2.24. The van der Waals surface area contributed by atoms with Crippen LogP contribution < -0.4 is 15.2 Å². The fourth-order valence-corrected chi connectivity index (χ4v) is 3.11. The summed E-state index contributed by atoms with van der Waals surface area (Å²) in [6.07, 6.45) is 1.84. The van der Waals surface area contributed by atoms with Gasteiger partial charge >= 0.3 is 0 Å². The second-order valence-electron chi connectivity index (χ2n) is 5.40. The number of carbonyl (C=O) groups excluding carboxylic acids is 1. The van der Waals surface area contributed by atoms with E-state index >= 15 is 0 Å². The van der Waals surface area contributed by atoms with Crippen molar-refractivity contribution in [3.05, 3.63) is 52.1 Å². The third-order valence-electron chi connectivity index (χ3n) is 3.63. The third kappa shape index (κ3) is 3.89. The van der Waals surface area contributed by atoms with Gasteiger partial charge in [0, 0.05) is 5.38 Å². The molecule has 0 saturated carbocycles. The summed E-state index contributed by atoms with van der Waals surface area (Å²) >= 11 is 1.14. The topological polar surface area (TPSA) is 120 Å². The van der Waals surface area contributed by atoms with Gasteiger partial charge in [-0.1, -0.05) is 0 Å². The Morgan fingerprint density at radius 2 is 2.07 bits per heavy atom. The molecule has 1 aromatic carbocycles. The van der Waals surface area contributed by atoms with Crippen molar-refractivity contribution in [1.29, 1.82) is 0 Å². The summed E-state index contributed by atoms with van der Waals surface area (Å²) in [7, 11) is 1.46. The molecule has 0 radical (unpaired) electrons. The Kier molecular flexibility index (Phi) is 5.76. The number of aliphatic hydroxyl groups is 1. The molecule has 0 aliphatic carbocycles. The molecule has 1 amide bonds. The van der Waals surface area contributed by atoms with Crippen LogP contribution >= 0.6 is 11.3 Å². The summed E-state index contributed by atoms with van der Waals surface area (Å²) in [5.74, 6) is -3.71. The van der Waals surface area contributed by atoms with Gasteiger partial charge in [0.15, 0.2) is 17.7 Å². The van der Waals surface area contributed by atoms with Crippen LogP contribution in [-0.4, -0.2) is 39.7 Å². The van der Waals surface area contributed by atoms with E-state index in [1.807, 2.05) is 0 Å². The number of carbonyl (C=O) groups is 1. The predicted molar refractivity (Wildman–Crippen MR) is 95.0 cm³/mol. The van der Waals surface area contributed by atoms with Gasteiger partial charge in [0.05, 0.1) is 26.1 Å². The van der Waals surface area contributed by atoms with E-state index < -0.39 is 41.6 Å². The Morgan fingerprint density at radius 1 is 1.29 bits per heavy atom. The lowest BCUT2D eigenvalue weighted by Crippen LogP contribution is -2.18. The predicted octanol–water partition coefficient (Wildman–Crippen LogP) is 2.10. The average molecular weight is 408 g/mol. The molecule has 2 aromatic heterocycles. The Labute approximate surface area is 161 Å². The van der Waals surface area contributed by atoms with E-state index in [9.17, 15) is 18.7 Å². The van der Waals surface area contributed by atoms with Gasteiger partial charge < -0.3 is 20.3 Å². The first-order valence-electron chi connectivity index (χ1n) is 7.81. The standard InChI is InChI=1S/C17H14F2N4O4S/c1-26-13-5-21-9(4-22-13)10-7-28-17(23-10)12(6-24)27-11-3-2-8(18)14(15(11)19)16(20)25/h2-5,7,12,24H,6H2,1H3,(H2,20,25). The molecule has 0 bridgehead atoms. The van der Waals surface area contributed by atoms with Crippen molar-refractivity contribution in [3.8, 4) is 23.0 Å². The fraction of sp³-hybridized carbons (Fsp3) is 0.176. The zero-order valence-corrected chi connectivity index (χ0v) is 15.2. The van der Waals surface area contributed by atoms with Gasteiger partial charge in [-0.2, -0.15) is 0 Å². The largest absolute Gasteiger partial charge is 0.480 e. The molecule has 28 heavy (non-hydrogen) atoms. The van der Waals surface area contributed by atoms with Crippen LogP contribution in [0.2, 0.25) is 0 Å². The molecule has 0 aliphatic heterocycles. The Bertz CT molecular complexity index is 997. The van der Waals surface area contributed by atoms with Gasteiger partial charge in [0.1, 0.15) is 27.8 Å². The van der Waals surface area contributed by atoms with E-state index in [-0.39, 0.29) is 0 Å². The van der Waals surface area contributed by atoms with Gasteiger partial charge in [-0.25, -0.2) is 23.7 Å². The summed E-state index contributed by atoms with van der Waals surface area (Å²) in [6, 6.07) is 1.86. The highest BCUT2D eigenvalue weighted by atomic mass is 32.1. The fourth-order valence-electron chi connectivity index (χ4n) is 2.28. The average Bonchev–Trinajstić information content (AvgIpc) is 3.17. The maximum Gasteiger partial charge on any atom is 0.254 e. The smallest absolute Gasteiger partial charge is 0.254 e. The minimum Gasteiger partial charge on any atom is -0.480 e.